The van der Waals surface area contributed by atoms with E-state index in [2.05, 4.69) is 21.7 Å². The van der Waals surface area contributed by atoms with E-state index in [9.17, 15) is 10.1 Å². The number of ether oxygens (including phenoxy) is 1. The minimum atomic E-state index is -0.345. The zero-order chi connectivity index (χ0) is 19.6. The number of nitriles is 1. The second kappa shape index (κ2) is 7.50. The molecule has 1 aliphatic rings. The van der Waals surface area contributed by atoms with Crippen molar-refractivity contribution in [2.75, 3.05) is 24.3 Å². The van der Waals surface area contributed by atoms with Crippen LogP contribution >= 0.6 is 0 Å². The van der Waals surface area contributed by atoms with Crippen molar-refractivity contribution in [3.8, 4) is 11.8 Å². The molecule has 6 heteroatoms. The number of anilines is 2. The van der Waals surface area contributed by atoms with E-state index in [1.807, 2.05) is 33.0 Å². The Morgan fingerprint density at radius 1 is 1.41 bits per heavy atom. The molecule has 0 radical (unpaired) electrons. The normalized spacial score (nSPS) is 15.4. The molecule has 2 aromatic rings. The number of nitrogens with zero attached hydrogens (tertiary/aromatic N) is 2. The molecule has 0 amide bonds. The van der Waals surface area contributed by atoms with Gasteiger partial charge in [-0.05, 0) is 38.5 Å². The predicted molar refractivity (Wildman–Crippen MR) is 105 cm³/mol. The zero-order valence-corrected chi connectivity index (χ0v) is 15.9. The summed E-state index contributed by atoms with van der Waals surface area (Å²) >= 11 is 0. The Morgan fingerprint density at radius 3 is 2.81 bits per heavy atom. The number of carbonyl (C=O) groups excluding carboxylic acids is 1. The number of aromatic nitrogens is 1. The van der Waals surface area contributed by atoms with Gasteiger partial charge in [-0.25, -0.2) is 4.98 Å². The molecular formula is C21H22N4O2. The van der Waals surface area contributed by atoms with Crippen LogP contribution in [0.25, 0.3) is 0 Å². The van der Waals surface area contributed by atoms with E-state index in [-0.39, 0.29) is 5.92 Å². The molecule has 0 bridgehead atoms. The molecule has 0 fully saturated rings. The summed E-state index contributed by atoms with van der Waals surface area (Å²) in [5.41, 5.74) is 5.60. The van der Waals surface area contributed by atoms with Crippen LogP contribution in [0.15, 0.2) is 35.7 Å². The molecule has 2 N–H and O–H groups in total. The Morgan fingerprint density at radius 2 is 2.19 bits per heavy atom. The van der Waals surface area contributed by atoms with Crippen LogP contribution in [0.5, 0.6) is 5.75 Å². The number of fused-ring (bicyclic) bond motifs is 1. The Labute approximate surface area is 158 Å². The summed E-state index contributed by atoms with van der Waals surface area (Å²) in [4.78, 5) is 16.6. The van der Waals surface area contributed by atoms with E-state index >= 15 is 0 Å². The van der Waals surface area contributed by atoms with Crippen LogP contribution in [-0.4, -0.2) is 24.9 Å². The summed E-state index contributed by atoms with van der Waals surface area (Å²) in [6.07, 6.45) is 2.70. The maximum absolute atomic E-state index is 12.0. The minimum Gasteiger partial charge on any atom is -0.496 e. The Hall–Kier alpha value is -3.33. The molecule has 0 saturated carbocycles. The van der Waals surface area contributed by atoms with E-state index in [1.54, 1.807) is 19.2 Å². The summed E-state index contributed by atoms with van der Waals surface area (Å²) in [6, 6.07) is 7.42. The van der Waals surface area contributed by atoms with Gasteiger partial charge in [-0.15, -0.1) is 0 Å². The Bertz CT molecular complexity index is 973. The minimum absolute atomic E-state index is 0.345. The summed E-state index contributed by atoms with van der Waals surface area (Å²) in [7, 11) is 1.57. The van der Waals surface area contributed by atoms with Gasteiger partial charge < -0.3 is 15.4 Å². The summed E-state index contributed by atoms with van der Waals surface area (Å²) in [5, 5.41) is 15.9. The van der Waals surface area contributed by atoms with Crippen LogP contribution < -0.4 is 15.4 Å². The van der Waals surface area contributed by atoms with Crippen molar-refractivity contribution >= 4 is 17.8 Å². The second-order valence-corrected chi connectivity index (χ2v) is 6.43. The van der Waals surface area contributed by atoms with Gasteiger partial charge in [0.2, 0.25) is 0 Å². The average Bonchev–Trinajstić information content (AvgIpc) is 2.69. The van der Waals surface area contributed by atoms with Crippen LogP contribution in [-0.2, 0) is 4.79 Å². The van der Waals surface area contributed by atoms with Gasteiger partial charge in [0.05, 0.1) is 24.4 Å². The van der Waals surface area contributed by atoms with Crippen molar-refractivity contribution in [1.82, 2.24) is 4.98 Å². The number of allylic oxidation sites excluding steroid dienone is 2. The largest absolute Gasteiger partial charge is 0.496 e. The van der Waals surface area contributed by atoms with Crippen LogP contribution in [0.2, 0.25) is 0 Å². The number of hydrogen-bond acceptors (Lipinski definition) is 6. The first-order valence-electron chi connectivity index (χ1n) is 8.80. The molecule has 0 saturated heterocycles. The van der Waals surface area contributed by atoms with Crippen molar-refractivity contribution in [2.24, 2.45) is 0 Å². The van der Waals surface area contributed by atoms with Crippen molar-refractivity contribution in [2.45, 2.75) is 26.7 Å². The third kappa shape index (κ3) is 3.13. The summed E-state index contributed by atoms with van der Waals surface area (Å²) in [5.74, 6) is 0.958. The van der Waals surface area contributed by atoms with E-state index in [4.69, 9.17) is 4.74 Å². The molecule has 0 spiro atoms. The van der Waals surface area contributed by atoms with Gasteiger partial charge in [0.1, 0.15) is 17.9 Å². The summed E-state index contributed by atoms with van der Waals surface area (Å²) < 4.78 is 5.56. The first-order valence-corrected chi connectivity index (χ1v) is 8.80. The van der Waals surface area contributed by atoms with E-state index in [0.29, 0.717) is 23.4 Å². The quantitative estimate of drug-likeness (QED) is 0.788. The fourth-order valence-corrected chi connectivity index (χ4v) is 3.51. The number of aryl methyl sites for hydroxylation is 1. The highest BCUT2D eigenvalue weighted by atomic mass is 16.5. The van der Waals surface area contributed by atoms with Crippen molar-refractivity contribution in [3.05, 3.63) is 57.9 Å². The van der Waals surface area contributed by atoms with Gasteiger partial charge >= 0.3 is 0 Å². The molecule has 1 aromatic carbocycles. The zero-order valence-electron chi connectivity index (χ0n) is 15.9. The molecule has 27 heavy (non-hydrogen) atoms. The molecule has 2 heterocycles. The SMILES string of the molecule is CCNc1ncc(C)c2c1C(c1ccc(C#N)cc1OC)C(C=O)=C(C)N2. The molecule has 1 aromatic heterocycles. The van der Waals surface area contributed by atoms with Crippen molar-refractivity contribution < 1.29 is 9.53 Å². The lowest BCUT2D eigenvalue weighted by atomic mass is 9.80. The van der Waals surface area contributed by atoms with E-state index in [1.165, 1.54) is 0 Å². The molecule has 6 nitrogen and oxygen atoms in total. The number of pyridine rings is 1. The first-order chi connectivity index (χ1) is 13.0. The van der Waals surface area contributed by atoms with Crippen LogP contribution in [0, 0.1) is 18.3 Å². The van der Waals surface area contributed by atoms with Gasteiger partial charge in [0.15, 0.2) is 0 Å². The van der Waals surface area contributed by atoms with Gasteiger partial charge in [-0.2, -0.15) is 5.26 Å². The number of benzene rings is 1. The van der Waals surface area contributed by atoms with Crippen molar-refractivity contribution in [1.29, 1.82) is 5.26 Å². The summed E-state index contributed by atoms with van der Waals surface area (Å²) in [6.45, 7) is 6.59. The molecule has 1 unspecified atom stereocenters. The third-order valence-electron chi connectivity index (χ3n) is 4.80. The Balaban J connectivity index is 2.34. The van der Waals surface area contributed by atoms with Gasteiger partial charge in [-0.3, -0.25) is 4.79 Å². The van der Waals surface area contributed by atoms with Gasteiger partial charge in [0.25, 0.3) is 0 Å². The van der Waals surface area contributed by atoms with Gasteiger partial charge in [-0.1, -0.05) is 6.07 Å². The highest BCUT2D eigenvalue weighted by molar-refractivity contribution is 5.87. The fourth-order valence-electron chi connectivity index (χ4n) is 3.51. The maximum Gasteiger partial charge on any atom is 0.148 e. The molecule has 1 aliphatic heterocycles. The highest BCUT2D eigenvalue weighted by Crippen LogP contribution is 2.47. The lowest BCUT2D eigenvalue weighted by Crippen LogP contribution is -2.22. The third-order valence-corrected chi connectivity index (χ3v) is 4.80. The smallest absolute Gasteiger partial charge is 0.148 e. The van der Waals surface area contributed by atoms with E-state index < -0.39 is 0 Å². The highest BCUT2D eigenvalue weighted by Gasteiger charge is 2.33. The first kappa shape index (κ1) is 18.5. The van der Waals surface area contributed by atoms with Crippen LogP contribution in [0.1, 0.15) is 42.0 Å². The van der Waals surface area contributed by atoms with Crippen molar-refractivity contribution in [3.63, 3.8) is 0 Å². The number of methoxy groups -OCH3 is 1. The number of aldehydes is 1. The standard InChI is InChI=1S/C21H22N4O2/c1-5-23-21-19-18(15-7-6-14(9-22)8-17(15)27-4)16(11-26)13(3)25-20(19)12(2)10-24-21/h6-8,10-11,18,25H,5H2,1-4H3,(H,23,24). The second-order valence-electron chi connectivity index (χ2n) is 6.43. The average molecular weight is 362 g/mol. The molecule has 3 rings (SSSR count). The topological polar surface area (TPSA) is 87.0 Å². The molecule has 0 aliphatic carbocycles. The maximum atomic E-state index is 12.0. The fraction of sp³-hybridized carbons (Fsp3) is 0.286. The molecule has 1 atom stereocenters. The Kier molecular flexibility index (Phi) is 5.13. The number of rotatable bonds is 5. The van der Waals surface area contributed by atoms with Crippen LogP contribution in [0.4, 0.5) is 11.5 Å². The van der Waals surface area contributed by atoms with Gasteiger partial charge in [0, 0.05) is 41.1 Å². The number of nitrogens with one attached hydrogen (secondary N) is 2. The van der Waals surface area contributed by atoms with E-state index in [0.717, 1.165) is 40.2 Å². The number of hydrogen-bond donors (Lipinski definition) is 2. The number of carbonyl (C=O) groups is 1. The molecule has 138 valence electrons. The molecular weight excluding hydrogens is 340 g/mol. The predicted octanol–water partition coefficient (Wildman–Crippen LogP) is 3.73. The lowest BCUT2D eigenvalue weighted by molar-refractivity contribution is -0.105. The monoisotopic (exact) mass is 362 g/mol. The lowest BCUT2D eigenvalue weighted by Gasteiger charge is -2.32. The van der Waals surface area contributed by atoms with Crippen LogP contribution in [0.3, 0.4) is 0 Å².